The van der Waals surface area contributed by atoms with Gasteiger partial charge >= 0.3 is 0 Å². The number of hydrogen-bond donors (Lipinski definition) is 1. The molecule has 0 spiro atoms. The third kappa shape index (κ3) is 2.93. The molecule has 0 aromatic heterocycles. The SMILES string of the molecule is C[C@]12CC(N3CCCC3)CCC1CCC1C2CC[C@@]2(C)C1C[C@H](N1CCCC1)C2O. The number of hydrogen-bond acceptors (Lipinski definition) is 3. The average molecular weight is 415 g/mol. The Morgan fingerprint density at radius 3 is 2.13 bits per heavy atom. The molecular formula is C27H46N2O. The lowest BCUT2D eigenvalue weighted by Crippen LogP contribution is -2.56. The predicted molar refractivity (Wildman–Crippen MR) is 122 cm³/mol. The molecule has 0 bridgehead atoms. The van der Waals surface area contributed by atoms with Crippen molar-refractivity contribution in [3.63, 3.8) is 0 Å². The standard InChI is InChI=1S/C27H46N2O/c1-26-12-11-22-21(23(26)17-24(25(26)30)29-15-5-6-16-29)10-8-19-7-9-20(18-27(19,22)2)28-13-3-4-14-28/h19-25,30H,3-18H2,1-2H3/t19?,20?,21?,22?,23?,24-,25?,26-,27-/m0/s1. The maximum atomic E-state index is 11.5. The van der Waals surface area contributed by atoms with Crippen molar-refractivity contribution >= 4 is 0 Å². The second-order valence-electron chi connectivity index (χ2n) is 12.9. The molecule has 4 aliphatic carbocycles. The second kappa shape index (κ2) is 7.45. The van der Waals surface area contributed by atoms with E-state index in [9.17, 15) is 5.11 Å². The molecule has 6 unspecified atom stereocenters. The van der Waals surface area contributed by atoms with E-state index in [2.05, 4.69) is 23.6 Å². The molecule has 3 heteroatoms. The Hall–Kier alpha value is -0.120. The molecular weight excluding hydrogens is 368 g/mol. The van der Waals surface area contributed by atoms with Crippen LogP contribution in [-0.2, 0) is 0 Å². The Kier molecular flexibility index (Phi) is 5.09. The molecule has 3 nitrogen and oxygen atoms in total. The third-order valence-electron chi connectivity index (χ3n) is 11.8. The summed E-state index contributed by atoms with van der Waals surface area (Å²) in [5.74, 6) is 3.54. The summed E-state index contributed by atoms with van der Waals surface area (Å²) < 4.78 is 0. The molecule has 4 saturated carbocycles. The number of aliphatic hydroxyl groups excluding tert-OH is 1. The molecule has 30 heavy (non-hydrogen) atoms. The Balaban J connectivity index is 1.25. The fraction of sp³-hybridized carbons (Fsp3) is 1.00. The van der Waals surface area contributed by atoms with E-state index in [0.717, 1.165) is 29.7 Å². The van der Waals surface area contributed by atoms with Crippen LogP contribution >= 0.6 is 0 Å². The Labute approximate surface area is 185 Å². The summed E-state index contributed by atoms with van der Waals surface area (Å²) in [6.45, 7) is 10.4. The van der Waals surface area contributed by atoms with E-state index < -0.39 is 0 Å². The van der Waals surface area contributed by atoms with Gasteiger partial charge in [0.1, 0.15) is 0 Å². The van der Waals surface area contributed by atoms with E-state index in [1.54, 1.807) is 0 Å². The summed E-state index contributed by atoms with van der Waals surface area (Å²) >= 11 is 0. The zero-order valence-electron chi connectivity index (χ0n) is 19.7. The average Bonchev–Trinajstić information content (AvgIpc) is 3.49. The fourth-order valence-corrected chi connectivity index (χ4v) is 10.2. The second-order valence-corrected chi connectivity index (χ2v) is 12.9. The van der Waals surface area contributed by atoms with Gasteiger partial charge in [0.25, 0.3) is 0 Å². The Morgan fingerprint density at radius 2 is 1.40 bits per heavy atom. The van der Waals surface area contributed by atoms with Crippen molar-refractivity contribution in [2.75, 3.05) is 26.2 Å². The molecule has 2 aliphatic heterocycles. The molecule has 9 atom stereocenters. The van der Waals surface area contributed by atoms with Crippen molar-refractivity contribution in [3.05, 3.63) is 0 Å². The van der Waals surface area contributed by atoms with Gasteiger partial charge in [-0.2, -0.15) is 0 Å². The van der Waals surface area contributed by atoms with Crippen LogP contribution in [0.4, 0.5) is 0 Å². The van der Waals surface area contributed by atoms with E-state index >= 15 is 0 Å². The van der Waals surface area contributed by atoms with E-state index in [1.165, 1.54) is 103 Å². The lowest BCUT2D eigenvalue weighted by Gasteiger charge is -2.61. The van der Waals surface area contributed by atoms with Crippen LogP contribution in [0.5, 0.6) is 0 Å². The summed E-state index contributed by atoms with van der Waals surface area (Å²) in [5, 5.41) is 11.5. The van der Waals surface area contributed by atoms with Crippen LogP contribution in [0.1, 0.15) is 90.9 Å². The maximum absolute atomic E-state index is 11.5. The van der Waals surface area contributed by atoms with Gasteiger partial charge in [0.2, 0.25) is 0 Å². The normalized spacial score (nSPS) is 54.7. The first-order valence-corrected chi connectivity index (χ1v) is 13.7. The summed E-state index contributed by atoms with van der Waals surface area (Å²) in [5.41, 5.74) is 0.743. The zero-order chi connectivity index (χ0) is 20.5. The summed E-state index contributed by atoms with van der Waals surface area (Å²) in [4.78, 5) is 5.53. The Morgan fingerprint density at radius 1 is 0.733 bits per heavy atom. The first kappa shape index (κ1) is 20.5. The number of fused-ring (bicyclic) bond motifs is 5. The van der Waals surface area contributed by atoms with Crippen molar-refractivity contribution < 1.29 is 5.11 Å². The monoisotopic (exact) mass is 414 g/mol. The molecule has 170 valence electrons. The van der Waals surface area contributed by atoms with Crippen LogP contribution in [-0.4, -0.2) is 59.3 Å². The highest BCUT2D eigenvalue weighted by Crippen LogP contribution is 2.66. The molecule has 2 saturated heterocycles. The van der Waals surface area contributed by atoms with Gasteiger partial charge in [-0.25, -0.2) is 0 Å². The van der Waals surface area contributed by atoms with Crippen LogP contribution in [0.3, 0.4) is 0 Å². The van der Waals surface area contributed by atoms with E-state index in [-0.39, 0.29) is 11.5 Å². The van der Waals surface area contributed by atoms with Gasteiger partial charge in [-0.3, -0.25) is 4.90 Å². The molecule has 2 heterocycles. The van der Waals surface area contributed by atoms with Crippen LogP contribution in [0, 0.1) is 34.5 Å². The van der Waals surface area contributed by atoms with Gasteiger partial charge in [-0.05, 0) is 138 Å². The molecule has 6 rings (SSSR count). The van der Waals surface area contributed by atoms with Crippen LogP contribution in [0.25, 0.3) is 0 Å². The minimum atomic E-state index is -0.0872. The van der Waals surface area contributed by atoms with Gasteiger partial charge in [0.05, 0.1) is 6.10 Å². The first-order chi connectivity index (χ1) is 14.5. The van der Waals surface area contributed by atoms with E-state index in [0.29, 0.717) is 11.5 Å². The van der Waals surface area contributed by atoms with Gasteiger partial charge in [-0.1, -0.05) is 13.8 Å². The highest BCUT2D eigenvalue weighted by Gasteiger charge is 2.63. The van der Waals surface area contributed by atoms with E-state index in [1.807, 2.05) is 0 Å². The maximum Gasteiger partial charge on any atom is 0.0751 e. The number of rotatable bonds is 2. The summed E-state index contributed by atoms with van der Waals surface area (Å²) in [7, 11) is 0. The largest absolute Gasteiger partial charge is 0.391 e. The topological polar surface area (TPSA) is 26.7 Å². The minimum Gasteiger partial charge on any atom is -0.391 e. The first-order valence-electron chi connectivity index (χ1n) is 13.7. The van der Waals surface area contributed by atoms with Crippen LogP contribution < -0.4 is 0 Å². The minimum absolute atomic E-state index is 0.0872. The fourth-order valence-electron chi connectivity index (χ4n) is 10.2. The molecule has 0 aromatic rings. The number of nitrogens with zero attached hydrogens (tertiary/aromatic N) is 2. The lowest BCUT2D eigenvalue weighted by atomic mass is 9.45. The van der Waals surface area contributed by atoms with Crippen molar-refractivity contribution in [3.8, 4) is 0 Å². The van der Waals surface area contributed by atoms with Gasteiger partial charge in [0, 0.05) is 12.1 Å². The highest BCUT2D eigenvalue weighted by atomic mass is 16.3. The molecule has 6 aliphatic rings. The van der Waals surface area contributed by atoms with Gasteiger partial charge in [-0.15, -0.1) is 0 Å². The van der Waals surface area contributed by atoms with Crippen molar-refractivity contribution in [2.45, 2.75) is 109 Å². The number of aliphatic hydroxyl groups is 1. The zero-order valence-corrected chi connectivity index (χ0v) is 19.7. The van der Waals surface area contributed by atoms with E-state index in [4.69, 9.17) is 0 Å². The highest BCUT2D eigenvalue weighted by molar-refractivity contribution is 5.13. The van der Waals surface area contributed by atoms with Crippen molar-refractivity contribution in [1.82, 2.24) is 9.80 Å². The molecule has 0 amide bonds. The molecule has 6 fully saturated rings. The molecule has 1 N–H and O–H groups in total. The quantitative estimate of drug-likeness (QED) is 0.694. The summed E-state index contributed by atoms with van der Waals surface area (Å²) in [6.07, 6.45) is 16.8. The van der Waals surface area contributed by atoms with Crippen molar-refractivity contribution in [2.24, 2.45) is 34.5 Å². The summed E-state index contributed by atoms with van der Waals surface area (Å²) in [6, 6.07) is 1.32. The van der Waals surface area contributed by atoms with Crippen LogP contribution in [0.2, 0.25) is 0 Å². The third-order valence-corrected chi connectivity index (χ3v) is 11.8. The van der Waals surface area contributed by atoms with Gasteiger partial charge < -0.3 is 10.0 Å². The molecule has 0 aromatic carbocycles. The Bertz CT molecular complexity index is 641. The van der Waals surface area contributed by atoms with Gasteiger partial charge in [0.15, 0.2) is 0 Å². The predicted octanol–water partition coefficient (Wildman–Crippen LogP) is 4.93. The van der Waals surface area contributed by atoms with Crippen LogP contribution in [0.15, 0.2) is 0 Å². The number of likely N-dealkylation sites (tertiary alicyclic amines) is 2. The lowest BCUT2D eigenvalue weighted by molar-refractivity contribution is -0.131. The smallest absolute Gasteiger partial charge is 0.0751 e. The van der Waals surface area contributed by atoms with Crippen molar-refractivity contribution in [1.29, 1.82) is 0 Å². The molecule has 0 radical (unpaired) electrons.